The van der Waals surface area contributed by atoms with Crippen LogP contribution in [0, 0.1) is 0 Å². The summed E-state index contributed by atoms with van der Waals surface area (Å²) in [5.74, 6) is -0.887. The van der Waals surface area contributed by atoms with Gasteiger partial charge in [0.25, 0.3) is 11.7 Å². The Bertz CT molecular complexity index is 1040. The Morgan fingerprint density at radius 2 is 1.71 bits per heavy atom. The Balaban J connectivity index is 1.89. The monoisotopic (exact) mass is 391 g/mol. The molecule has 28 heavy (non-hydrogen) atoms. The summed E-state index contributed by atoms with van der Waals surface area (Å²) in [6.45, 7) is 0. The van der Waals surface area contributed by atoms with Gasteiger partial charge < -0.3 is 9.84 Å². The molecule has 1 N–H and O–H groups in total. The zero-order chi connectivity index (χ0) is 19.7. The van der Waals surface area contributed by atoms with E-state index in [0.29, 0.717) is 17.0 Å². The summed E-state index contributed by atoms with van der Waals surface area (Å²) in [7, 11) is 1.56. The van der Waals surface area contributed by atoms with Crippen LogP contribution < -0.4 is 9.64 Å². The second-order valence-corrected chi connectivity index (χ2v) is 7.23. The molecule has 1 fully saturated rings. The van der Waals surface area contributed by atoms with Crippen molar-refractivity contribution in [3.05, 3.63) is 88.1 Å². The number of rotatable bonds is 4. The maximum atomic E-state index is 12.9. The van der Waals surface area contributed by atoms with Crippen molar-refractivity contribution in [1.82, 2.24) is 0 Å². The predicted octanol–water partition coefficient (Wildman–Crippen LogP) is 4.38. The highest BCUT2D eigenvalue weighted by molar-refractivity contribution is 7.10. The van der Waals surface area contributed by atoms with Crippen molar-refractivity contribution in [3.63, 3.8) is 0 Å². The minimum Gasteiger partial charge on any atom is -0.507 e. The number of ketones is 1. The first-order chi connectivity index (χ1) is 13.6. The molecule has 1 amide bonds. The van der Waals surface area contributed by atoms with Crippen LogP contribution in [-0.2, 0) is 9.59 Å². The molecule has 2 heterocycles. The molecule has 1 saturated heterocycles. The number of amides is 1. The van der Waals surface area contributed by atoms with Crippen molar-refractivity contribution in [3.8, 4) is 5.75 Å². The van der Waals surface area contributed by atoms with E-state index in [1.165, 1.54) is 16.2 Å². The van der Waals surface area contributed by atoms with Gasteiger partial charge in [-0.25, -0.2) is 0 Å². The normalized spacial score (nSPS) is 18.5. The molecule has 0 radical (unpaired) electrons. The number of benzene rings is 2. The van der Waals surface area contributed by atoms with Crippen molar-refractivity contribution in [2.75, 3.05) is 12.0 Å². The molecule has 5 nitrogen and oxygen atoms in total. The van der Waals surface area contributed by atoms with Crippen LogP contribution >= 0.6 is 11.3 Å². The van der Waals surface area contributed by atoms with E-state index in [2.05, 4.69) is 0 Å². The molecular formula is C22H17NO4S. The number of carbonyl (C=O) groups excluding carboxylic acids is 2. The van der Waals surface area contributed by atoms with Crippen molar-refractivity contribution in [2.24, 2.45) is 0 Å². The van der Waals surface area contributed by atoms with Gasteiger partial charge in [-0.3, -0.25) is 14.5 Å². The summed E-state index contributed by atoms with van der Waals surface area (Å²) >= 11 is 1.43. The third-order valence-electron chi connectivity index (χ3n) is 4.65. The average Bonchev–Trinajstić information content (AvgIpc) is 3.35. The first-order valence-corrected chi connectivity index (χ1v) is 9.53. The lowest BCUT2D eigenvalue weighted by Crippen LogP contribution is -2.29. The zero-order valence-electron chi connectivity index (χ0n) is 15.0. The number of hydrogen-bond donors (Lipinski definition) is 1. The molecule has 140 valence electrons. The third-order valence-corrected chi connectivity index (χ3v) is 5.58. The summed E-state index contributed by atoms with van der Waals surface area (Å²) in [6, 6.07) is 18.7. The first-order valence-electron chi connectivity index (χ1n) is 8.65. The Morgan fingerprint density at radius 3 is 2.32 bits per heavy atom. The number of Topliss-reactive ketones (excluding diaryl/α,β-unsaturated/α-hetero) is 1. The molecule has 1 unspecified atom stereocenters. The number of carbonyl (C=O) groups is 2. The van der Waals surface area contributed by atoms with Gasteiger partial charge in [0, 0.05) is 16.1 Å². The number of aliphatic hydroxyl groups excluding tert-OH is 1. The van der Waals surface area contributed by atoms with E-state index < -0.39 is 17.7 Å². The zero-order valence-corrected chi connectivity index (χ0v) is 15.8. The summed E-state index contributed by atoms with van der Waals surface area (Å²) in [5, 5.41) is 12.8. The van der Waals surface area contributed by atoms with Crippen LogP contribution in [-0.4, -0.2) is 23.9 Å². The van der Waals surface area contributed by atoms with Crippen LogP contribution in [0.3, 0.4) is 0 Å². The van der Waals surface area contributed by atoms with Crippen LogP contribution in [0.2, 0.25) is 0 Å². The molecule has 0 saturated carbocycles. The lowest BCUT2D eigenvalue weighted by atomic mass is 10.00. The van der Waals surface area contributed by atoms with Crippen LogP contribution in [0.1, 0.15) is 16.5 Å². The molecular weight excluding hydrogens is 374 g/mol. The van der Waals surface area contributed by atoms with Crippen molar-refractivity contribution in [2.45, 2.75) is 6.04 Å². The Hall–Kier alpha value is -3.38. The smallest absolute Gasteiger partial charge is 0.300 e. The summed E-state index contributed by atoms with van der Waals surface area (Å²) in [6.07, 6.45) is 0. The van der Waals surface area contributed by atoms with Crippen LogP contribution in [0.5, 0.6) is 5.75 Å². The quantitative estimate of drug-likeness (QED) is 0.407. The largest absolute Gasteiger partial charge is 0.507 e. The number of methoxy groups -OCH3 is 1. The maximum absolute atomic E-state index is 12.9. The van der Waals surface area contributed by atoms with Gasteiger partial charge in [-0.15, -0.1) is 11.3 Å². The van der Waals surface area contributed by atoms with Gasteiger partial charge in [0.15, 0.2) is 0 Å². The lowest BCUT2D eigenvalue weighted by Gasteiger charge is -2.24. The van der Waals surface area contributed by atoms with Gasteiger partial charge >= 0.3 is 0 Å². The molecule has 0 aliphatic carbocycles. The van der Waals surface area contributed by atoms with E-state index in [9.17, 15) is 14.7 Å². The number of ether oxygens (including phenoxy) is 1. The Morgan fingerprint density at radius 1 is 1.00 bits per heavy atom. The van der Waals surface area contributed by atoms with E-state index in [1.54, 1.807) is 55.6 Å². The van der Waals surface area contributed by atoms with Gasteiger partial charge in [-0.1, -0.05) is 36.4 Å². The van der Waals surface area contributed by atoms with E-state index >= 15 is 0 Å². The highest BCUT2D eigenvalue weighted by Gasteiger charge is 2.47. The fourth-order valence-corrected chi connectivity index (χ4v) is 4.13. The molecule has 0 bridgehead atoms. The molecule has 1 aliphatic heterocycles. The second kappa shape index (κ2) is 7.32. The SMILES string of the molecule is COc1ccc(N2C(=O)C(=O)/C(=C(\O)c3ccccc3)C2c2cccs2)cc1. The second-order valence-electron chi connectivity index (χ2n) is 6.25. The molecule has 0 spiro atoms. The highest BCUT2D eigenvalue weighted by atomic mass is 32.1. The first kappa shape index (κ1) is 18.0. The summed E-state index contributed by atoms with van der Waals surface area (Å²) in [4.78, 5) is 28.1. The topological polar surface area (TPSA) is 66.8 Å². The van der Waals surface area contributed by atoms with Gasteiger partial charge in [-0.05, 0) is 35.7 Å². The third kappa shape index (κ3) is 2.97. The Kier molecular flexibility index (Phi) is 4.71. The number of hydrogen-bond acceptors (Lipinski definition) is 5. The molecule has 6 heteroatoms. The molecule has 4 rings (SSSR count). The van der Waals surface area contributed by atoms with Gasteiger partial charge in [-0.2, -0.15) is 0 Å². The Labute approximate surface area is 166 Å². The van der Waals surface area contributed by atoms with E-state index in [-0.39, 0.29) is 11.3 Å². The maximum Gasteiger partial charge on any atom is 0.300 e. The van der Waals surface area contributed by atoms with Crippen molar-refractivity contribution in [1.29, 1.82) is 0 Å². The van der Waals surface area contributed by atoms with E-state index in [1.807, 2.05) is 23.6 Å². The molecule has 1 atom stereocenters. The van der Waals surface area contributed by atoms with E-state index in [4.69, 9.17) is 4.74 Å². The standard InChI is InChI=1S/C22H17NO4S/c1-27-16-11-9-15(10-12-16)23-19(17-8-5-13-28-17)18(21(25)22(23)26)20(24)14-6-3-2-4-7-14/h2-13,19,24H,1H3/b20-18-. The van der Waals surface area contributed by atoms with Crippen LogP contribution in [0.25, 0.3) is 5.76 Å². The fourth-order valence-electron chi connectivity index (χ4n) is 3.31. The van der Waals surface area contributed by atoms with Gasteiger partial charge in [0.1, 0.15) is 17.6 Å². The summed E-state index contributed by atoms with van der Waals surface area (Å²) in [5.41, 5.74) is 1.15. The number of aliphatic hydroxyl groups is 1. The predicted molar refractivity (Wildman–Crippen MR) is 109 cm³/mol. The molecule has 1 aromatic heterocycles. The molecule has 3 aromatic rings. The minimum absolute atomic E-state index is 0.0921. The van der Waals surface area contributed by atoms with Crippen LogP contribution in [0.15, 0.2) is 77.7 Å². The number of anilines is 1. The van der Waals surface area contributed by atoms with Crippen LogP contribution in [0.4, 0.5) is 5.69 Å². The van der Waals surface area contributed by atoms with E-state index in [0.717, 1.165) is 4.88 Å². The molecule has 2 aromatic carbocycles. The minimum atomic E-state index is -0.699. The summed E-state index contributed by atoms with van der Waals surface area (Å²) < 4.78 is 5.18. The average molecular weight is 391 g/mol. The molecule has 1 aliphatic rings. The number of nitrogens with zero attached hydrogens (tertiary/aromatic N) is 1. The van der Waals surface area contributed by atoms with Gasteiger partial charge in [0.2, 0.25) is 0 Å². The lowest BCUT2D eigenvalue weighted by molar-refractivity contribution is -0.132. The van der Waals surface area contributed by atoms with Gasteiger partial charge in [0.05, 0.1) is 12.7 Å². The van der Waals surface area contributed by atoms with Crippen molar-refractivity contribution < 1.29 is 19.4 Å². The van der Waals surface area contributed by atoms with Crippen molar-refractivity contribution >= 4 is 34.5 Å². The number of thiophene rings is 1. The highest BCUT2D eigenvalue weighted by Crippen LogP contribution is 2.43. The fraction of sp³-hybridized carbons (Fsp3) is 0.0909.